The first kappa shape index (κ1) is 16.2. The lowest BCUT2D eigenvalue weighted by Gasteiger charge is -2.34. The number of hydrogen-bond donors (Lipinski definition) is 2. The second-order valence-electron chi connectivity index (χ2n) is 5.48. The number of hydrogen-bond acceptors (Lipinski definition) is 3. The molecule has 1 amide bonds. The van der Waals surface area contributed by atoms with Crippen molar-refractivity contribution in [3.63, 3.8) is 0 Å². The highest BCUT2D eigenvalue weighted by Gasteiger charge is 2.28. The summed E-state index contributed by atoms with van der Waals surface area (Å²) >= 11 is 0. The Morgan fingerprint density at radius 3 is 2.35 bits per heavy atom. The summed E-state index contributed by atoms with van der Waals surface area (Å²) in [6.07, 6.45) is -2.06. The highest BCUT2D eigenvalue weighted by atomic mass is 19.1. The lowest BCUT2D eigenvalue weighted by molar-refractivity contribution is 0.0354. The third kappa shape index (κ3) is 5.05. The van der Waals surface area contributed by atoms with Gasteiger partial charge in [-0.05, 0) is 45.0 Å². The fourth-order valence-electron chi connectivity index (χ4n) is 1.63. The van der Waals surface area contributed by atoms with Gasteiger partial charge in [-0.2, -0.15) is 0 Å². The van der Waals surface area contributed by atoms with Gasteiger partial charge in [0.05, 0.1) is 6.54 Å². The van der Waals surface area contributed by atoms with Crippen molar-refractivity contribution < 1.29 is 24.1 Å². The molecule has 0 aliphatic rings. The van der Waals surface area contributed by atoms with Crippen LogP contribution in [-0.2, 0) is 0 Å². The first-order valence-corrected chi connectivity index (χ1v) is 6.27. The van der Waals surface area contributed by atoms with Gasteiger partial charge in [0.15, 0.2) is 0 Å². The molecule has 1 unspecified atom stereocenters. The Hall–Kier alpha value is -1.82. The van der Waals surface area contributed by atoms with Crippen molar-refractivity contribution in [1.29, 1.82) is 0 Å². The van der Waals surface area contributed by atoms with Crippen LogP contribution in [0.1, 0.15) is 20.8 Å². The molecule has 0 aliphatic heterocycles. The van der Waals surface area contributed by atoms with Crippen molar-refractivity contribution in [2.45, 2.75) is 32.4 Å². The normalized spacial score (nSPS) is 12.8. The number of nitrogens with zero attached hydrogens (tertiary/aromatic N) is 1. The topological polar surface area (TPSA) is 70.0 Å². The number of carbonyl (C=O) groups is 1. The Morgan fingerprint density at radius 1 is 1.35 bits per heavy atom. The van der Waals surface area contributed by atoms with Gasteiger partial charge in [0.1, 0.15) is 24.3 Å². The summed E-state index contributed by atoms with van der Waals surface area (Å²) in [6.45, 7) is 5.11. The molecule has 1 rings (SSSR count). The van der Waals surface area contributed by atoms with Crippen molar-refractivity contribution in [3.05, 3.63) is 30.1 Å². The van der Waals surface area contributed by atoms with Crippen molar-refractivity contribution in [2.24, 2.45) is 0 Å². The molecule has 0 aliphatic carbocycles. The molecule has 0 aromatic heterocycles. The van der Waals surface area contributed by atoms with E-state index in [2.05, 4.69) is 0 Å². The predicted molar refractivity (Wildman–Crippen MR) is 72.4 cm³/mol. The average Bonchev–Trinajstić information content (AvgIpc) is 2.33. The second-order valence-corrected chi connectivity index (χ2v) is 5.48. The van der Waals surface area contributed by atoms with Crippen molar-refractivity contribution in [2.75, 3.05) is 13.2 Å². The molecule has 112 valence electrons. The molecular formula is C14H20FNO4. The molecule has 6 heteroatoms. The summed E-state index contributed by atoms with van der Waals surface area (Å²) in [5, 5.41) is 18.9. The van der Waals surface area contributed by atoms with Gasteiger partial charge in [-0.3, -0.25) is 0 Å². The van der Waals surface area contributed by atoms with Crippen LogP contribution in [0.3, 0.4) is 0 Å². The van der Waals surface area contributed by atoms with Crippen molar-refractivity contribution >= 4 is 6.09 Å². The Bertz CT molecular complexity index is 441. The summed E-state index contributed by atoms with van der Waals surface area (Å²) in [6, 6.07) is 5.39. The molecule has 2 N–H and O–H groups in total. The summed E-state index contributed by atoms with van der Waals surface area (Å²) < 4.78 is 18.0. The van der Waals surface area contributed by atoms with E-state index in [1.807, 2.05) is 0 Å². The van der Waals surface area contributed by atoms with Gasteiger partial charge in [0.25, 0.3) is 0 Å². The number of ether oxygens (including phenoxy) is 1. The van der Waals surface area contributed by atoms with E-state index in [0.29, 0.717) is 5.75 Å². The first-order valence-electron chi connectivity index (χ1n) is 6.27. The van der Waals surface area contributed by atoms with Crippen LogP contribution in [0.25, 0.3) is 0 Å². The maximum absolute atomic E-state index is 12.7. The van der Waals surface area contributed by atoms with Crippen molar-refractivity contribution in [1.82, 2.24) is 4.90 Å². The maximum atomic E-state index is 12.7. The molecule has 1 atom stereocenters. The molecule has 0 saturated carbocycles. The molecule has 0 fully saturated rings. The van der Waals surface area contributed by atoms with Crippen LogP contribution in [0.2, 0.25) is 0 Å². The lowest BCUT2D eigenvalue weighted by atomic mass is 10.1. The van der Waals surface area contributed by atoms with Crippen LogP contribution in [0.5, 0.6) is 5.75 Å². The van der Waals surface area contributed by atoms with E-state index in [9.17, 15) is 14.3 Å². The van der Waals surface area contributed by atoms with E-state index in [0.717, 1.165) is 4.90 Å². The fourth-order valence-corrected chi connectivity index (χ4v) is 1.63. The third-order valence-corrected chi connectivity index (χ3v) is 2.69. The Balaban J connectivity index is 2.52. The summed E-state index contributed by atoms with van der Waals surface area (Å²) in [4.78, 5) is 12.3. The molecule has 0 bridgehead atoms. The zero-order valence-corrected chi connectivity index (χ0v) is 11.8. The second kappa shape index (κ2) is 6.56. The fraction of sp³-hybridized carbons (Fsp3) is 0.500. The van der Waals surface area contributed by atoms with Gasteiger partial charge in [0, 0.05) is 5.54 Å². The Kier molecular flexibility index (Phi) is 5.33. The van der Waals surface area contributed by atoms with Crippen LogP contribution in [0.15, 0.2) is 24.3 Å². The average molecular weight is 285 g/mol. The number of carboxylic acid groups (broad SMARTS) is 1. The number of aliphatic hydroxyl groups excluding tert-OH is 1. The maximum Gasteiger partial charge on any atom is 0.407 e. The van der Waals surface area contributed by atoms with E-state index in [-0.39, 0.29) is 19.0 Å². The zero-order chi connectivity index (χ0) is 15.3. The largest absolute Gasteiger partial charge is 0.491 e. The molecule has 0 radical (unpaired) electrons. The van der Waals surface area contributed by atoms with Gasteiger partial charge < -0.3 is 19.8 Å². The third-order valence-electron chi connectivity index (χ3n) is 2.69. The minimum Gasteiger partial charge on any atom is -0.491 e. The van der Waals surface area contributed by atoms with Gasteiger partial charge >= 0.3 is 6.09 Å². The number of halogens is 1. The molecule has 1 aromatic carbocycles. The zero-order valence-electron chi connectivity index (χ0n) is 11.8. The highest BCUT2D eigenvalue weighted by molar-refractivity contribution is 5.66. The molecule has 0 spiro atoms. The van der Waals surface area contributed by atoms with E-state index in [1.165, 1.54) is 24.3 Å². The van der Waals surface area contributed by atoms with Crippen LogP contribution < -0.4 is 4.74 Å². The number of aliphatic hydroxyl groups is 1. The van der Waals surface area contributed by atoms with Gasteiger partial charge in [0.2, 0.25) is 0 Å². The predicted octanol–water partition coefficient (Wildman–Crippen LogP) is 2.34. The van der Waals surface area contributed by atoms with Gasteiger partial charge in [-0.25, -0.2) is 9.18 Å². The first-order chi connectivity index (χ1) is 9.20. The summed E-state index contributed by atoms with van der Waals surface area (Å²) in [5.74, 6) is 0.0470. The van der Waals surface area contributed by atoms with Crippen molar-refractivity contribution in [3.8, 4) is 5.75 Å². The number of β-amino-alcohol motifs (C(OH)–C–C–N with tert-alkyl or cyclic N) is 1. The SMILES string of the molecule is CC(C)(C)N(CC(O)COc1ccc(F)cc1)C(=O)O. The molecule has 5 nitrogen and oxygen atoms in total. The molecule has 20 heavy (non-hydrogen) atoms. The quantitative estimate of drug-likeness (QED) is 0.871. The van der Waals surface area contributed by atoms with Crippen LogP contribution in [0.4, 0.5) is 9.18 Å². The van der Waals surface area contributed by atoms with Crippen LogP contribution in [0, 0.1) is 5.82 Å². The van der Waals surface area contributed by atoms with E-state index in [4.69, 9.17) is 9.84 Å². The van der Waals surface area contributed by atoms with E-state index in [1.54, 1.807) is 20.8 Å². The summed E-state index contributed by atoms with van der Waals surface area (Å²) in [7, 11) is 0. The van der Waals surface area contributed by atoms with E-state index >= 15 is 0 Å². The number of benzene rings is 1. The summed E-state index contributed by atoms with van der Waals surface area (Å²) in [5.41, 5.74) is -0.608. The number of amides is 1. The Labute approximate surface area is 117 Å². The molecular weight excluding hydrogens is 265 g/mol. The lowest BCUT2D eigenvalue weighted by Crippen LogP contribution is -2.49. The molecule has 0 heterocycles. The van der Waals surface area contributed by atoms with Gasteiger partial charge in [-0.1, -0.05) is 0 Å². The van der Waals surface area contributed by atoms with E-state index < -0.39 is 17.7 Å². The Morgan fingerprint density at radius 2 is 1.90 bits per heavy atom. The minimum absolute atomic E-state index is 0.0555. The number of rotatable bonds is 5. The monoisotopic (exact) mass is 285 g/mol. The smallest absolute Gasteiger partial charge is 0.407 e. The molecule has 1 aromatic rings. The highest BCUT2D eigenvalue weighted by Crippen LogP contribution is 2.15. The molecule has 0 saturated heterocycles. The van der Waals surface area contributed by atoms with Crippen LogP contribution in [-0.4, -0.2) is 46.0 Å². The minimum atomic E-state index is -1.10. The standard InChI is InChI=1S/C14H20FNO4/c1-14(2,3)16(13(18)19)8-11(17)9-20-12-6-4-10(15)5-7-12/h4-7,11,17H,8-9H2,1-3H3,(H,18,19). The van der Waals surface area contributed by atoms with Gasteiger partial charge in [-0.15, -0.1) is 0 Å². The van der Waals surface area contributed by atoms with Crippen LogP contribution >= 0.6 is 0 Å².